The monoisotopic (exact) mass is 295 g/mol. The standard InChI is InChI=1S/C10H10BrN5O/c11-8-3-1-2-7(4-8)5-10(17)12-6-9-13-15-16-14-9/h1-4H,5-6H2,(H,12,17)(H,13,14,15,16). The molecule has 0 aliphatic carbocycles. The van der Waals surface area contributed by atoms with E-state index in [9.17, 15) is 4.79 Å². The molecule has 1 heterocycles. The van der Waals surface area contributed by atoms with Crippen LogP contribution in [0.5, 0.6) is 0 Å². The second-order valence-corrected chi connectivity index (χ2v) is 4.33. The molecule has 1 aromatic carbocycles. The van der Waals surface area contributed by atoms with Crippen LogP contribution < -0.4 is 5.32 Å². The van der Waals surface area contributed by atoms with Gasteiger partial charge in [-0.3, -0.25) is 4.79 Å². The van der Waals surface area contributed by atoms with Crippen LogP contribution in [0.25, 0.3) is 0 Å². The number of amides is 1. The van der Waals surface area contributed by atoms with Gasteiger partial charge in [-0.25, -0.2) is 0 Å². The Morgan fingerprint density at radius 1 is 1.47 bits per heavy atom. The van der Waals surface area contributed by atoms with Crippen molar-refractivity contribution >= 4 is 21.8 Å². The molecular weight excluding hydrogens is 286 g/mol. The van der Waals surface area contributed by atoms with Gasteiger partial charge in [-0.2, -0.15) is 5.21 Å². The predicted octanol–water partition coefficient (Wildman–Crippen LogP) is 0.821. The number of nitrogens with zero attached hydrogens (tertiary/aromatic N) is 3. The molecule has 0 unspecified atom stereocenters. The zero-order valence-electron chi connectivity index (χ0n) is 8.85. The summed E-state index contributed by atoms with van der Waals surface area (Å²) in [6.07, 6.45) is 0.331. The third-order valence-electron chi connectivity index (χ3n) is 2.09. The van der Waals surface area contributed by atoms with Crippen molar-refractivity contribution in [3.05, 3.63) is 40.1 Å². The van der Waals surface area contributed by atoms with Gasteiger partial charge in [0.05, 0.1) is 13.0 Å². The average Bonchev–Trinajstić information content (AvgIpc) is 2.79. The van der Waals surface area contributed by atoms with Crippen LogP contribution in [-0.4, -0.2) is 26.5 Å². The van der Waals surface area contributed by atoms with Gasteiger partial charge in [0.25, 0.3) is 0 Å². The third-order valence-corrected chi connectivity index (χ3v) is 2.58. The van der Waals surface area contributed by atoms with Gasteiger partial charge in [-0.05, 0) is 17.7 Å². The SMILES string of the molecule is O=C(Cc1cccc(Br)c1)NCc1nn[nH]n1. The fourth-order valence-corrected chi connectivity index (χ4v) is 1.78. The summed E-state index contributed by atoms with van der Waals surface area (Å²) >= 11 is 3.36. The van der Waals surface area contributed by atoms with Crippen molar-refractivity contribution in [1.82, 2.24) is 25.9 Å². The first-order valence-corrected chi connectivity index (χ1v) is 5.77. The maximum Gasteiger partial charge on any atom is 0.224 e. The zero-order valence-corrected chi connectivity index (χ0v) is 10.4. The van der Waals surface area contributed by atoms with Gasteiger partial charge >= 0.3 is 0 Å². The number of benzene rings is 1. The van der Waals surface area contributed by atoms with E-state index < -0.39 is 0 Å². The van der Waals surface area contributed by atoms with Crippen molar-refractivity contribution in [2.24, 2.45) is 0 Å². The van der Waals surface area contributed by atoms with Gasteiger partial charge in [-0.15, -0.1) is 10.2 Å². The fourth-order valence-electron chi connectivity index (χ4n) is 1.33. The van der Waals surface area contributed by atoms with E-state index in [2.05, 4.69) is 41.9 Å². The minimum Gasteiger partial charge on any atom is -0.348 e. The molecular formula is C10H10BrN5O. The zero-order chi connectivity index (χ0) is 12.1. The van der Waals surface area contributed by atoms with Gasteiger partial charge < -0.3 is 5.32 Å². The highest BCUT2D eigenvalue weighted by atomic mass is 79.9. The summed E-state index contributed by atoms with van der Waals surface area (Å²) in [6, 6.07) is 7.62. The number of hydrogen-bond acceptors (Lipinski definition) is 4. The van der Waals surface area contributed by atoms with Crippen LogP contribution in [0.3, 0.4) is 0 Å². The summed E-state index contributed by atoms with van der Waals surface area (Å²) in [7, 11) is 0. The highest BCUT2D eigenvalue weighted by Gasteiger charge is 2.05. The van der Waals surface area contributed by atoms with Crippen molar-refractivity contribution in [2.75, 3.05) is 0 Å². The van der Waals surface area contributed by atoms with Crippen LogP contribution in [0.15, 0.2) is 28.7 Å². The molecule has 0 atom stereocenters. The van der Waals surface area contributed by atoms with E-state index in [0.29, 0.717) is 12.2 Å². The number of carbonyl (C=O) groups is 1. The number of rotatable bonds is 4. The Morgan fingerprint density at radius 3 is 3.06 bits per heavy atom. The molecule has 17 heavy (non-hydrogen) atoms. The Morgan fingerprint density at radius 2 is 2.35 bits per heavy atom. The van der Waals surface area contributed by atoms with E-state index in [0.717, 1.165) is 10.0 Å². The van der Waals surface area contributed by atoms with Gasteiger partial charge in [0.2, 0.25) is 5.91 Å². The Kier molecular flexibility index (Phi) is 3.81. The summed E-state index contributed by atoms with van der Waals surface area (Å²) in [5.74, 6) is 0.389. The molecule has 0 saturated carbocycles. The van der Waals surface area contributed by atoms with E-state index in [-0.39, 0.29) is 12.5 Å². The maximum atomic E-state index is 11.6. The number of aromatic nitrogens is 4. The normalized spacial score (nSPS) is 10.2. The quantitative estimate of drug-likeness (QED) is 0.875. The lowest BCUT2D eigenvalue weighted by molar-refractivity contribution is -0.120. The number of tetrazole rings is 1. The first kappa shape index (κ1) is 11.7. The molecule has 0 fully saturated rings. The molecule has 0 spiro atoms. The second kappa shape index (κ2) is 5.53. The van der Waals surface area contributed by atoms with Gasteiger partial charge in [0.15, 0.2) is 5.82 Å². The van der Waals surface area contributed by atoms with Crippen LogP contribution in [-0.2, 0) is 17.8 Å². The van der Waals surface area contributed by atoms with Crippen LogP contribution in [0, 0.1) is 0 Å². The van der Waals surface area contributed by atoms with E-state index in [1.54, 1.807) is 0 Å². The molecule has 0 saturated heterocycles. The van der Waals surface area contributed by atoms with Gasteiger partial charge in [0.1, 0.15) is 0 Å². The molecule has 6 nitrogen and oxygen atoms in total. The molecule has 0 bridgehead atoms. The smallest absolute Gasteiger partial charge is 0.224 e. The summed E-state index contributed by atoms with van der Waals surface area (Å²) < 4.78 is 0.959. The van der Waals surface area contributed by atoms with Crippen LogP contribution in [0.2, 0.25) is 0 Å². The highest BCUT2D eigenvalue weighted by Crippen LogP contribution is 2.11. The number of H-pyrrole nitrogens is 1. The molecule has 88 valence electrons. The molecule has 2 aromatic rings. The molecule has 1 aromatic heterocycles. The highest BCUT2D eigenvalue weighted by molar-refractivity contribution is 9.10. The largest absolute Gasteiger partial charge is 0.348 e. The number of nitrogens with one attached hydrogen (secondary N) is 2. The van der Waals surface area contributed by atoms with Gasteiger partial charge in [-0.1, -0.05) is 33.3 Å². The summed E-state index contributed by atoms with van der Waals surface area (Å²) in [6.45, 7) is 0.281. The number of carbonyl (C=O) groups excluding carboxylic acids is 1. The van der Waals surface area contributed by atoms with Gasteiger partial charge in [0, 0.05) is 4.47 Å². The maximum absolute atomic E-state index is 11.6. The number of hydrogen-bond donors (Lipinski definition) is 2. The Labute approximate surface area is 106 Å². The van der Waals surface area contributed by atoms with Crippen molar-refractivity contribution in [2.45, 2.75) is 13.0 Å². The molecule has 0 aliphatic heterocycles. The van der Waals surface area contributed by atoms with Crippen LogP contribution in [0.4, 0.5) is 0 Å². The second-order valence-electron chi connectivity index (χ2n) is 3.41. The fraction of sp³-hybridized carbons (Fsp3) is 0.200. The molecule has 7 heteroatoms. The number of halogens is 1. The summed E-state index contributed by atoms with van der Waals surface area (Å²) in [4.78, 5) is 11.6. The molecule has 0 radical (unpaired) electrons. The predicted molar refractivity (Wildman–Crippen MR) is 63.9 cm³/mol. The average molecular weight is 296 g/mol. The number of aromatic amines is 1. The Bertz CT molecular complexity index is 499. The third kappa shape index (κ3) is 3.63. The van der Waals surface area contributed by atoms with E-state index in [1.165, 1.54) is 0 Å². The minimum absolute atomic E-state index is 0.0760. The lowest BCUT2D eigenvalue weighted by atomic mass is 10.1. The molecule has 2 rings (SSSR count). The molecule has 1 amide bonds. The van der Waals surface area contributed by atoms with Crippen molar-refractivity contribution in [3.63, 3.8) is 0 Å². The van der Waals surface area contributed by atoms with E-state index in [4.69, 9.17) is 0 Å². The Hall–Kier alpha value is -1.76. The van der Waals surface area contributed by atoms with Crippen molar-refractivity contribution in [1.29, 1.82) is 0 Å². The topological polar surface area (TPSA) is 83.6 Å². The Balaban J connectivity index is 1.85. The molecule has 0 aliphatic rings. The van der Waals surface area contributed by atoms with Crippen LogP contribution in [0.1, 0.15) is 11.4 Å². The van der Waals surface area contributed by atoms with Crippen molar-refractivity contribution in [3.8, 4) is 0 Å². The lowest BCUT2D eigenvalue weighted by Crippen LogP contribution is -2.25. The lowest BCUT2D eigenvalue weighted by Gasteiger charge is -2.03. The first-order chi connectivity index (χ1) is 8.24. The van der Waals surface area contributed by atoms with E-state index >= 15 is 0 Å². The summed E-state index contributed by atoms with van der Waals surface area (Å²) in [5, 5.41) is 15.9. The van der Waals surface area contributed by atoms with Crippen LogP contribution >= 0.6 is 15.9 Å². The van der Waals surface area contributed by atoms with E-state index in [1.807, 2.05) is 24.3 Å². The molecule has 2 N–H and O–H groups in total. The summed E-state index contributed by atoms with van der Waals surface area (Å²) in [5.41, 5.74) is 0.949. The van der Waals surface area contributed by atoms with Crippen molar-refractivity contribution < 1.29 is 4.79 Å². The minimum atomic E-state index is -0.0760. The first-order valence-electron chi connectivity index (χ1n) is 4.97.